The number of fused-ring (bicyclic) bond motifs is 1. The average Bonchev–Trinajstić information content (AvgIpc) is 3.25. The van der Waals surface area contributed by atoms with Gasteiger partial charge in [0.05, 0.1) is 12.6 Å². The highest BCUT2D eigenvalue weighted by Crippen LogP contribution is 2.19. The number of carbonyl (C=O) groups excluding carboxylic acids is 4. The summed E-state index contributed by atoms with van der Waals surface area (Å²) in [4.78, 5) is 63.6. The van der Waals surface area contributed by atoms with E-state index in [-0.39, 0.29) is 19.3 Å². The molecule has 37 heavy (non-hydrogen) atoms. The molecule has 0 aliphatic heterocycles. The van der Waals surface area contributed by atoms with Crippen LogP contribution in [0.15, 0.2) is 30.5 Å². The molecule has 0 aliphatic rings. The first-order valence-corrected chi connectivity index (χ1v) is 11.8. The maximum Gasteiger partial charge on any atom is 0.326 e. The molecule has 2 aromatic rings. The first-order valence-electron chi connectivity index (χ1n) is 11.8. The molecule has 4 atom stereocenters. The Morgan fingerprint density at radius 2 is 1.62 bits per heavy atom. The molecule has 1 heterocycles. The van der Waals surface area contributed by atoms with E-state index in [2.05, 4.69) is 20.9 Å². The molecule has 0 spiro atoms. The second kappa shape index (κ2) is 13.4. The Bertz CT molecular complexity index is 1130. The molecule has 1 aromatic carbocycles. The summed E-state index contributed by atoms with van der Waals surface area (Å²) in [5.41, 5.74) is 12.9. The number of amides is 4. The van der Waals surface area contributed by atoms with Crippen molar-refractivity contribution in [2.75, 3.05) is 6.61 Å². The number of aliphatic hydroxyl groups is 1. The smallest absolute Gasteiger partial charge is 0.326 e. The van der Waals surface area contributed by atoms with Gasteiger partial charge in [0.15, 0.2) is 0 Å². The maximum atomic E-state index is 12.9. The molecule has 2 rings (SSSR count). The number of carboxylic acid groups (broad SMARTS) is 1. The van der Waals surface area contributed by atoms with Gasteiger partial charge in [-0.2, -0.15) is 0 Å². The minimum atomic E-state index is -1.50. The van der Waals surface area contributed by atoms with Crippen molar-refractivity contribution in [1.82, 2.24) is 20.9 Å². The Balaban J connectivity index is 2.02. The lowest BCUT2D eigenvalue weighted by atomic mass is 10.0. The lowest BCUT2D eigenvalue weighted by molar-refractivity contribution is -0.143. The Labute approximate surface area is 213 Å². The summed E-state index contributed by atoms with van der Waals surface area (Å²) in [5, 5.41) is 26.9. The van der Waals surface area contributed by atoms with E-state index < -0.39 is 66.3 Å². The van der Waals surface area contributed by atoms with Crippen molar-refractivity contribution in [3.8, 4) is 0 Å². The molecule has 0 aliphatic carbocycles. The van der Waals surface area contributed by atoms with Gasteiger partial charge in [-0.3, -0.25) is 19.2 Å². The van der Waals surface area contributed by atoms with Crippen molar-refractivity contribution in [2.45, 2.75) is 57.3 Å². The molecule has 0 saturated carbocycles. The van der Waals surface area contributed by atoms with E-state index in [0.29, 0.717) is 0 Å². The minimum Gasteiger partial charge on any atom is -0.480 e. The van der Waals surface area contributed by atoms with Crippen LogP contribution in [0.3, 0.4) is 0 Å². The zero-order chi connectivity index (χ0) is 27.7. The summed E-state index contributed by atoms with van der Waals surface area (Å²) in [6.45, 7) is 2.51. The van der Waals surface area contributed by atoms with Crippen LogP contribution in [0.2, 0.25) is 0 Å². The standard InChI is InChI=1S/C24H34N6O7/c1-12(2)20(30-21(33)15(25)9-13-10-27-16-6-4-3-5-14(13)16)23(35)29-18(11-31)22(34)28-17(24(36)37)7-8-19(26)32/h3-6,10,12,15,17-18,20,27,31H,7-9,11,25H2,1-2H3,(H2,26,32)(H,28,34)(H,29,35)(H,30,33)(H,36,37). The second-order valence-electron chi connectivity index (χ2n) is 9.05. The van der Waals surface area contributed by atoms with Crippen LogP contribution in [0, 0.1) is 5.92 Å². The third-order valence-corrected chi connectivity index (χ3v) is 5.81. The van der Waals surface area contributed by atoms with Gasteiger partial charge in [-0.1, -0.05) is 32.0 Å². The van der Waals surface area contributed by atoms with Crippen molar-refractivity contribution < 1.29 is 34.2 Å². The van der Waals surface area contributed by atoms with Crippen LogP contribution in [0.1, 0.15) is 32.3 Å². The normalized spacial score (nSPS) is 14.4. The van der Waals surface area contributed by atoms with E-state index in [1.54, 1.807) is 20.0 Å². The molecule has 10 N–H and O–H groups in total. The fourth-order valence-electron chi connectivity index (χ4n) is 3.70. The van der Waals surface area contributed by atoms with Crippen LogP contribution >= 0.6 is 0 Å². The molecule has 0 fully saturated rings. The number of aromatic nitrogens is 1. The fraction of sp³-hybridized carbons (Fsp3) is 0.458. The lowest BCUT2D eigenvalue weighted by Crippen LogP contribution is -2.59. The molecule has 4 amide bonds. The predicted octanol–water partition coefficient (Wildman–Crippen LogP) is -1.51. The van der Waals surface area contributed by atoms with Crippen LogP contribution in [0.4, 0.5) is 0 Å². The zero-order valence-corrected chi connectivity index (χ0v) is 20.7. The SMILES string of the molecule is CC(C)C(NC(=O)C(N)Cc1c[nH]c2ccccc12)C(=O)NC(CO)C(=O)NC(CCC(N)=O)C(=O)O. The molecule has 0 saturated heterocycles. The maximum absolute atomic E-state index is 12.9. The van der Waals surface area contributed by atoms with Gasteiger partial charge in [-0.25, -0.2) is 4.79 Å². The lowest BCUT2D eigenvalue weighted by Gasteiger charge is -2.26. The number of para-hydroxylation sites is 1. The molecule has 13 heteroatoms. The Morgan fingerprint density at radius 1 is 0.973 bits per heavy atom. The van der Waals surface area contributed by atoms with Gasteiger partial charge in [0, 0.05) is 23.5 Å². The number of carboxylic acids is 1. The van der Waals surface area contributed by atoms with Gasteiger partial charge >= 0.3 is 5.97 Å². The summed E-state index contributed by atoms with van der Waals surface area (Å²) >= 11 is 0. The van der Waals surface area contributed by atoms with Gasteiger partial charge in [-0.15, -0.1) is 0 Å². The first kappa shape index (κ1) is 29.3. The quantitative estimate of drug-likeness (QED) is 0.146. The van der Waals surface area contributed by atoms with Crippen LogP contribution in [0.25, 0.3) is 10.9 Å². The Kier molecular flexibility index (Phi) is 10.6. The molecule has 4 unspecified atom stereocenters. The highest BCUT2D eigenvalue weighted by atomic mass is 16.4. The molecular weight excluding hydrogens is 484 g/mol. The van der Waals surface area contributed by atoms with Crippen molar-refractivity contribution in [3.05, 3.63) is 36.0 Å². The number of hydrogen-bond acceptors (Lipinski definition) is 7. The number of rotatable bonds is 14. The monoisotopic (exact) mass is 518 g/mol. The Hall–Kier alpha value is -3.97. The second-order valence-corrected chi connectivity index (χ2v) is 9.05. The molecule has 202 valence electrons. The summed E-state index contributed by atoms with van der Waals surface area (Å²) in [6.07, 6.45) is 1.43. The highest BCUT2D eigenvalue weighted by Gasteiger charge is 2.31. The summed E-state index contributed by atoms with van der Waals surface area (Å²) in [6, 6.07) is 2.54. The van der Waals surface area contributed by atoms with E-state index in [1.807, 2.05) is 24.3 Å². The van der Waals surface area contributed by atoms with Gasteiger partial charge in [-0.05, 0) is 30.4 Å². The van der Waals surface area contributed by atoms with E-state index in [0.717, 1.165) is 16.5 Å². The number of aliphatic hydroxyl groups excluding tert-OH is 1. The highest BCUT2D eigenvalue weighted by molar-refractivity contribution is 5.94. The number of nitrogens with one attached hydrogen (secondary N) is 4. The van der Waals surface area contributed by atoms with Crippen LogP contribution in [-0.4, -0.2) is 75.6 Å². The summed E-state index contributed by atoms with van der Waals surface area (Å²) < 4.78 is 0. The number of aliphatic carboxylic acids is 1. The largest absolute Gasteiger partial charge is 0.480 e. The molecule has 13 nitrogen and oxygen atoms in total. The fourth-order valence-corrected chi connectivity index (χ4v) is 3.70. The van der Waals surface area contributed by atoms with Crippen LogP contribution in [0.5, 0.6) is 0 Å². The number of aromatic amines is 1. The Morgan fingerprint density at radius 3 is 2.22 bits per heavy atom. The van der Waals surface area contributed by atoms with Gasteiger partial charge in [0.25, 0.3) is 0 Å². The van der Waals surface area contributed by atoms with Crippen molar-refractivity contribution in [3.63, 3.8) is 0 Å². The number of carbonyl (C=O) groups is 5. The summed E-state index contributed by atoms with van der Waals surface area (Å²) in [5.74, 6) is -4.88. The molecule has 0 bridgehead atoms. The van der Waals surface area contributed by atoms with Gasteiger partial charge in [0.2, 0.25) is 23.6 Å². The molecule has 1 aromatic heterocycles. The zero-order valence-electron chi connectivity index (χ0n) is 20.7. The van der Waals surface area contributed by atoms with E-state index >= 15 is 0 Å². The third kappa shape index (κ3) is 8.29. The first-order chi connectivity index (χ1) is 17.4. The number of hydrogen-bond donors (Lipinski definition) is 8. The number of benzene rings is 1. The molecular formula is C24H34N6O7. The minimum absolute atomic E-state index is 0.214. The van der Waals surface area contributed by atoms with Crippen molar-refractivity contribution in [1.29, 1.82) is 0 Å². The van der Waals surface area contributed by atoms with Crippen molar-refractivity contribution >= 4 is 40.5 Å². The van der Waals surface area contributed by atoms with Gasteiger partial charge < -0.3 is 42.6 Å². The van der Waals surface area contributed by atoms with E-state index in [4.69, 9.17) is 11.5 Å². The van der Waals surface area contributed by atoms with Crippen LogP contribution < -0.4 is 27.4 Å². The topological polar surface area (TPSA) is 230 Å². The third-order valence-electron chi connectivity index (χ3n) is 5.81. The average molecular weight is 519 g/mol. The number of nitrogens with two attached hydrogens (primary N) is 2. The summed E-state index contributed by atoms with van der Waals surface area (Å²) in [7, 11) is 0. The number of H-pyrrole nitrogens is 1. The predicted molar refractivity (Wildman–Crippen MR) is 134 cm³/mol. The van der Waals surface area contributed by atoms with E-state index in [1.165, 1.54) is 0 Å². The number of primary amides is 1. The van der Waals surface area contributed by atoms with Crippen LogP contribution in [-0.2, 0) is 30.4 Å². The van der Waals surface area contributed by atoms with Gasteiger partial charge in [0.1, 0.15) is 18.1 Å². The van der Waals surface area contributed by atoms with E-state index in [9.17, 15) is 34.2 Å². The molecule has 0 radical (unpaired) electrons. The van der Waals surface area contributed by atoms with Crippen molar-refractivity contribution in [2.24, 2.45) is 17.4 Å².